The molecule has 2 atom stereocenters. The van der Waals surface area contributed by atoms with Gasteiger partial charge in [-0.3, -0.25) is 0 Å². The number of hydrogen-bond acceptors (Lipinski definition) is 22. The molecule has 3 heterocycles. The van der Waals surface area contributed by atoms with Crippen LogP contribution < -0.4 is 37.9 Å². The fraction of sp³-hybridized carbons (Fsp3) is 0.532. The zero-order valence-corrected chi connectivity index (χ0v) is 61.2. The Kier molecular flexibility index (Phi) is 32.2. The molecule has 2 saturated heterocycles. The molecule has 6 aromatic carbocycles. The van der Waals surface area contributed by atoms with Crippen molar-refractivity contribution in [3.05, 3.63) is 165 Å². The zero-order valence-electron chi connectivity index (χ0n) is 57.9. The van der Waals surface area contributed by atoms with E-state index in [2.05, 4.69) is 66.7 Å². The van der Waals surface area contributed by atoms with Crippen molar-refractivity contribution in [3.63, 3.8) is 0 Å². The van der Waals surface area contributed by atoms with Crippen LogP contribution in [0.15, 0.2) is 109 Å². The van der Waals surface area contributed by atoms with Gasteiger partial charge >= 0.3 is 0 Å². The number of para-hydroxylation sites is 5. The van der Waals surface area contributed by atoms with Crippen LogP contribution in [0.3, 0.4) is 0 Å². The number of aliphatic hydroxyl groups is 2. The summed E-state index contributed by atoms with van der Waals surface area (Å²) in [5, 5.41) is 25.1. The van der Waals surface area contributed by atoms with Gasteiger partial charge in [-0.15, -0.1) is 47.0 Å². The number of ether oxygens (including phenoxy) is 16. The number of benzene rings is 6. The van der Waals surface area contributed by atoms with Crippen LogP contribution in [0.2, 0.25) is 0 Å². The summed E-state index contributed by atoms with van der Waals surface area (Å²) >= 11 is 7.26. The summed E-state index contributed by atoms with van der Waals surface area (Å²) in [6.45, 7) is 17.9. The Morgan fingerprint density at radius 1 is 0.343 bits per heavy atom. The van der Waals surface area contributed by atoms with Crippen LogP contribution >= 0.6 is 47.0 Å². The summed E-state index contributed by atoms with van der Waals surface area (Å²) in [7, 11) is 0. The molecule has 6 aromatic rings. The highest BCUT2D eigenvalue weighted by atomic mass is 32.2. The van der Waals surface area contributed by atoms with E-state index < -0.39 is 12.2 Å². The molecule has 4 aliphatic rings. The molecule has 2 N–H and O–H groups in total. The van der Waals surface area contributed by atoms with Crippen molar-refractivity contribution in [3.8, 4) is 46.0 Å². The van der Waals surface area contributed by atoms with Gasteiger partial charge in [0.2, 0.25) is 0 Å². The van der Waals surface area contributed by atoms with E-state index in [1.165, 1.54) is 0 Å². The first kappa shape index (κ1) is 76.4. The topological polar surface area (TPSA) is 188 Å². The second-order valence-electron chi connectivity index (χ2n) is 24.1. The van der Waals surface area contributed by atoms with E-state index in [0.717, 1.165) is 102 Å². The van der Waals surface area contributed by atoms with Crippen LogP contribution in [-0.2, 0) is 63.6 Å². The molecular weight excluding hydrogens is 1340 g/mol. The summed E-state index contributed by atoms with van der Waals surface area (Å²) in [5.74, 6) is 9.00. The van der Waals surface area contributed by atoms with E-state index in [1.807, 2.05) is 93.7 Å². The Balaban J connectivity index is 0.858. The van der Waals surface area contributed by atoms with E-state index in [1.54, 1.807) is 23.5 Å². The molecule has 0 amide bonds. The molecule has 0 aromatic heterocycles. The summed E-state index contributed by atoms with van der Waals surface area (Å²) in [6.07, 6.45) is 0.401. The third kappa shape index (κ3) is 22.9. The highest BCUT2D eigenvalue weighted by molar-refractivity contribution is 8.19. The zero-order chi connectivity index (χ0) is 68.7. The molecule has 10 rings (SSSR count). The normalized spacial score (nSPS) is 19.8. The molecule has 540 valence electrons. The maximum Gasteiger partial charge on any atom is 0.161 e. The largest absolute Gasteiger partial charge is 0.491 e. The van der Waals surface area contributed by atoms with Gasteiger partial charge in [-0.1, -0.05) is 72.8 Å². The number of rotatable bonds is 24. The van der Waals surface area contributed by atoms with Gasteiger partial charge in [0.15, 0.2) is 23.0 Å². The van der Waals surface area contributed by atoms with Gasteiger partial charge in [-0.2, -0.15) is 0 Å². The van der Waals surface area contributed by atoms with Crippen molar-refractivity contribution in [2.45, 2.75) is 74.8 Å². The molecular formula is C77H100O18S4. The minimum absolute atomic E-state index is 0.00797. The third-order valence-corrected chi connectivity index (χ3v) is 24.0. The van der Waals surface area contributed by atoms with Crippen LogP contribution in [0.25, 0.3) is 0 Å². The molecule has 99 heavy (non-hydrogen) atoms. The van der Waals surface area contributed by atoms with E-state index in [-0.39, 0.29) is 21.2 Å². The highest BCUT2D eigenvalue weighted by Crippen LogP contribution is 2.54. The summed E-state index contributed by atoms with van der Waals surface area (Å²) in [6, 6.07) is 36.7. The molecule has 1 aliphatic carbocycles. The fourth-order valence-electron chi connectivity index (χ4n) is 12.1. The predicted molar refractivity (Wildman–Crippen MR) is 393 cm³/mol. The Morgan fingerprint density at radius 3 is 1.00 bits per heavy atom. The second kappa shape index (κ2) is 41.7. The van der Waals surface area contributed by atoms with E-state index in [9.17, 15) is 10.2 Å². The summed E-state index contributed by atoms with van der Waals surface area (Å²) in [5.41, 5.74) is 9.49. The Hall–Kier alpha value is -5.28. The standard InChI is InChI=1S/C77H100O18S4/c1-5-80-28-40-92-71-56-14-11-15-57(71)45-59-17-13-19-61(73(59)94-42-30-82-7-3)47-64-49-62(48-63(74(64)95-43-31-83-8-4)46-60-18-12-16-58(44-56)72(60)93-41-29-81-6-2)70(79)76-98-53-77(54-99-76)51-96-75(97-52-77)69(78)55-22-23-67-68(50-55)91-39-35-87-27-26-85-33-37-89-66-21-10-9-20-65(66)88-36-32-84-24-25-86-34-38-90-67/h9-23,48-50,69-70,75-76,78-79H,5-8,24-47,51-54H2,1-4H3. The van der Waals surface area contributed by atoms with Gasteiger partial charge < -0.3 is 86.0 Å². The van der Waals surface area contributed by atoms with E-state index >= 15 is 0 Å². The Morgan fingerprint density at radius 2 is 0.646 bits per heavy atom. The van der Waals surface area contributed by atoms with E-state index in [4.69, 9.17) is 75.8 Å². The molecule has 8 bridgehead atoms. The van der Waals surface area contributed by atoms with Crippen LogP contribution in [0.1, 0.15) is 95.5 Å². The van der Waals surface area contributed by atoms with Gasteiger partial charge in [0.1, 0.15) is 82.0 Å². The molecule has 2 fully saturated rings. The summed E-state index contributed by atoms with van der Waals surface area (Å²) in [4.78, 5) is 0. The minimum atomic E-state index is -0.820. The highest BCUT2D eigenvalue weighted by Gasteiger charge is 2.44. The number of fused-ring (bicyclic) bond motifs is 10. The molecule has 0 radical (unpaired) electrons. The lowest BCUT2D eigenvalue weighted by atomic mass is 9.90. The molecule has 1 spiro atoms. The quantitative estimate of drug-likeness (QED) is 0.0543. The lowest BCUT2D eigenvalue weighted by molar-refractivity contribution is 0.0223. The minimum Gasteiger partial charge on any atom is -0.491 e. The van der Waals surface area contributed by atoms with Gasteiger partial charge in [0, 0.05) is 80.5 Å². The molecule has 3 aliphatic heterocycles. The monoisotopic (exact) mass is 1440 g/mol. The molecule has 22 heteroatoms. The van der Waals surface area contributed by atoms with E-state index in [0.29, 0.717) is 201 Å². The predicted octanol–water partition coefficient (Wildman–Crippen LogP) is 12.7. The third-order valence-electron chi connectivity index (χ3n) is 17.0. The molecule has 18 nitrogen and oxygen atoms in total. The van der Waals surface area contributed by atoms with Crippen LogP contribution in [0.4, 0.5) is 0 Å². The van der Waals surface area contributed by atoms with Crippen LogP contribution in [0.5, 0.6) is 46.0 Å². The maximum absolute atomic E-state index is 12.9. The lowest BCUT2D eigenvalue weighted by Crippen LogP contribution is -2.42. The second-order valence-corrected chi connectivity index (χ2v) is 29.3. The van der Waals surface area contributed by atoms with Crippen molar-refractivity contribution >= 4 is 47.0 Å². The molecule has 0 saturated carbocycles. The fourth-order valence-corrected chi connectivity index (χ4v) is 19.1. The van der Waals surface area contributed by atoms with Crippen LogP contribution in [0, 0.1) is 5.41 Å². The van der Waals surface area contributed by atoms with Crippen molar-refractivity contribution < 1.29 is 86.0 Å². The van der Waals surface area contributed by atoms with Crippen molar-refractivity contribution in [1.29, 1.82) is 0 Å². The average Bonchev–Trinajstić information content (AvgIpc) is 0.782. The van der Waals surface area contributed by atoms with Gasteiger partial charge in [0.05, 0.1) is 94.6 Å². The van der Waals surface area contributed by atoms with Gasteiger partial charge in [-0.25, -0.2) is 0 Å². The average molecular weight is 1440 g/mol. The Bertz CT molecular complexity index is 3250. The smallest absolute Gasteiger partial charge is 0.161 e. The molecule has 2 unspecified atom stereocenters. The number of aliphatic hydroxyl groups excluding tert-OH is 2. The Labute approximate surface area is 602 Å². The number of thioether (sulfide) groups is 4. The first-order valence-corrected chi connectivity index (χ1v) is 39.1. The number of hydrogen-bond donors (Lipinski definition) is 2. The lowest BCUT2D eigenvalue weighted by Gasteiger charge is -2.44. The first-order valence-electron chi connectivity index (χ1n) is 34.9. The van der Waals surface area contributed by atoms with Crippen molar-refractivity contribution in [1.82, 2.24) is 0 Å². The van der Waals surface area contributed by atoms with Crippen LogP contribution in [-0.4, -0.2) is 201 Å². The van der Waals surface area contributed by atoms with Crippen molar-refractivity contribution in [2.75, 3.05) is 182 Å². The SMILES string of the molecule is CCOCCOc1c2cccc1Cc1cccc(c1OCCOCC)Cc1cc(C(O)C3SCC4(CS3)CSC(C(O)c3ccc5c(c3)OCCOCCOCCOc3ccccc3OCCOCCOCCO5)SC4)cc(c1OCCOCC)Cc1cccc(c1OCCOCC)C2. The maximum atomic E-state index is 12.9. The van der Waals surface area contributed by atoms with Gasteiger partial charge in [0.25, 0.3) is 0 Å². The summed E-state index contributed by atoms with van der Waals surface area (Å²) < 4.78 is 98.1. The van der Waals surface area contributed by atoms with Gasteiger partial charge in [-0.05, 0) is 120 Å². The van der Waals surface area contributed by atoms with Crippen molar-refractivity contribution in [2.24, 2.45) is 5.41 Å². The first-order chi connectivity index (χ1) is 48.8.